The molecule has 0 spiro atoms. The van der Waals surface area contributed by atoms with Crippen molar-refractivity contribution in [2.24, 2.45) is 0 Å². The standard InChI is InChI=1S/C13H20BClN2O2/c1-12(2)13(3,4)19-14(18-12)10-8-17-7-9(6-16-5)11(10)15/h7-8,16H,6H2,1-5H3. The molecule has 6 heteroatoms. The number of nitrogens with zero attached hydrogens (tertiary/aromatic N) is 1. The van der Waals surface area contributed by atoms with Crippen LogP contribution in [0.1, 0.15) is 33.3 Å². The third kappa shape index (κ3) is 2.65. The highest BCUT2D eigenvalue weighted by molar-refractivity contribution is 6.65. The van der Waals surface area contributed by atoms with E-state index in [0.717, 1.165) is 11.0 Å². The van der Waals surface area contributed by atoms with E-state index in [4.69, 9.17) is 20.9 Å². The van der Waals surface area contributed by atoms with Crippen LogP contribution in [0.5, 0.6) is 0 Å². The molecule has 0 atom stereocenters. The maximum Gasteiger partial charge on any atom is 0.497 e. The van der Waals surface area contributed by atoms with Crippen molar-refractivity contribution in [1.82, 2.24) is 10.3 Å². The summed E-state index contributed by atoms with van der Waals surface area (Å²) in [6.45, 7) is 8.74. The molecule has 19 heavy (non-hydrogen) atoms. The van der Waals surface area contributed by atoms with Gasteiger partial charge in [-0.1, -0.05) is 11.6 Å². The fourth-order valence-corrected chi connectivity index (χ4v) is 2.21. The van der Waals surface area contributed by atoms with Crippen LogP contribution in [-0.4, -0.2) is 30.4 Å². The number of hydrogen-bond acceptors (Lipinski definition) is 4. The summed E-state index contributed by atoms with van der Waals surface area (Å²) in [5.41, 5.74) is 0.976. The molecule has 1 N–H and O–H groups in total. The molecule has 1 aromatic heterocycles. The lowest BCUT2D eigenvalue weighted by molar-refractivity contribution is 0.00578. The van der Waals surface area contributed by atoms with E-state index in [-0.39, 0.29) is 11.2 Å². The summed E-state index contributed by atoms with van der Waals surface area (Å²) in [5.74, 6) is 0. The van der Waals surface area contributed by atoms with Crippen LogP contribution in [0.2, 0.25) is 5.02 Å². The average molecular weight is 283 g/mol. The summed E-state index contributed by atoms with van der Waals surface area (Å²) in [6, 6.07) is 0. The van der Waals surface area contributed by atoms with Crippen LogP contribution in [0.15, 0.2) is 12.4 Å². The van der Waals surface area contributed by atoms with Crippen LogP contribution >= 0.6 is 11.6 Å². The quantitative estimate of drug-likeness (QED) is 0.858. The van der Waals surface area contributed by atoms with Gasteiger partial charge in [-0.2, -0.15) is 0 Å². The average Bonchev–Trinajstić information content (AvgIpc) is 2.51. The molecule has 0 aliphatic carbocycles. The summed E-state index contributed by atoms with van der Waals surface area (Å²) in [5, 5.41) is 3.72. The van der Waals surface area contributed by atoms with Crippen molar-refractivity contribution in [3.05, 3.63) is 23.0 Å². The van der Waals surface area contributed by atoms with E-state index in [9.17, 15) is 0 Å². The zero-order valence-corrected chi connectivity index (χ0v) is 12.8. The zero-order chi connectivity index (χ0) is 14.3. The van der Waals surface area contributed by atoms with Crippen molar-refractivity contribution >= 4 is 24.2 Å². The molecular formula is C13H20BClN2O2. The van der Waals surface area contributed by atoms with Gasteiger partial charge >= 0.3 is 7.12 Å². The molecule has 1 saturated heterocycles. The Hall–Kier alpha value is -0.615. The minimum absolute atomic E-state index is 0.375. The van der Waals surface area contributed by atoms with Gasteiger partial charge in [0.1, 0.15) is 0 Å². The van der Waals surface area contributed by atoms with Crippen molar-refractivity contribution in [1.29, 1.82) is 0 Å². The van der Waals surface area contributed by atoms with E-state index in [0.29, 0.717) is 11.6 Å². The summed E-state index contributed by atoms with van der Waals surface area (Å²) >= 11 is 6.41. The van der Waals surface area contributed by atoms with Gasteiger partial charge in [-0.25, -0.2) is 0 Å². The SMILES string of the molecule is CNCc1cncc(B2OC(C)(C)C(C)(C)O2)c1Cl. The molecule has 1 aliphatic heterocycles. The summed E-state index contributed by atoms with van der Waals surface area (Å²) in [6.07, 6.45) is 3.47. The van der Waals surface area contributed by atoms with E-state index in [2.05, 4.69) is 10.3 Å². The van der Waals surface area contributed by atoms with Gasteiger partial charge in [0.15, 0.2) is 0 Å². The topological polar surface area (TPSA) is 43.4 Å². The van der Waals surface area contributed by atoms with E-state index in [1.165, 1.54) is 0 Å². The lowest BCUT2D eigenvalue weighted by atomic mass is 9.79. The molecule has 104 valence electrons. The van der Waals surface area contributed by atoms with Gasteiger partial charge in [-0.3, -0.25) is 4.98 Å². The molecule has 4 nitrogen and oxygen atoms in total. The first kappa shape index (κ1) is 14.8. The summed E-state index contributed by atoms with van der Waals surface area (Å²) in [7, 11) is 1.40. The maximum absolute atomic E-state index is 6.41. The Bertz CT molecular complexity index is 464. The molecule has 0 unspecified atom stereocenters. The van der Waals surface area contributed by atoms with Gasteiger partial charge in [-0.15, -0.1) is 0 Å². The lowest BCUT2D eigenvalue weighted by Crippen LogP contribution is -2.41. The molecule has 1 fully saturated rings. The van der Waals surface area contributed by atoms with Crippen LogP contribution in [0.4, 0.5) is 0 Å². The number of hydrogen-bond donors (Lipinski definition) is 1. The van der Waals surface area contributed by atoms with Crippen LogP contribution in [0.3, 0.4) is 0 Å². The van der Waals surface area contributed by atoms with Crippen LogP contribution < -0.4 is 10.8 Å². The Balaban J connectivity index is 2.32. The smallest absolute Gasteiger partial charge is 0.399 e. The van der Waals surface area contributed by atoms with Crippen LogP contribution in [0, 0.1) is 0 Å². The Kier molecular flexibility index (Phi) is 3.93. The Morgan fingerprint density at radius 1 is 1.21 bits per heavy atom. The maximum atomic E-state index is 6.41. The number of aromatic nitrogens is 1. The van der Waals surface area contributed by atoms with Crippen molar-refractivity contribution in [3.8, 4) is 0 Å². The number of halogens is 1. The highest BCUT2D eigenvalue weighted by Crippen LogP contribution is 2.37. The van der Waals surface area contributed by atoms with Crippen molar-refractivity contribution in [2.45, 2.75) is 45.4 Å². The first-order valence-electron chi connectivity index (χ1n) is 6.41. The van der Waals surface area contributed by atoms with E-state index < -0.39 is 7.12 Å². The fourth-order valence-electron chi connectivity index (χ4n) is 1.95. The van der Waals surface area contributed by atoms with Crippen molar-refractivity contribution in [3.63, 3.8) is 0 Å². The minimum Gasteiger partial charge on any atom is -0.399 e. The second kappa shape index (κ2) is 5.06. The molecule has 1 aromatic rings. The molecule has 0 amide bonds. The van der Waals surface area contributed by atoms with Gasteiger partial charge in [0.05, 0.1) is 11.2 Å². The van der Waals surface area contributed by atoms with Gasteiger partial charge in [-0.05, 0) is 34.7 Å². The molecule has 0 radical (unpaired) electrons. The van der Waals surface area contributed by atoms with E-state index in [1.54, 1.807) is 12.4 Å². The highest BCUT2D eigenvalue weighted by Gasteiger charge is 2.52. The second-order valence-electron chi connectivity index (χ2n) is 5.82. The first-order valence-corrected chi connectivity index (χ1v) is 6.79. The number of pyridine rings is 1. The largest absolute Gasteiger partial charge is 0.497 e. The first-order chi connectivity index (χ1) is 8.78. The monoisotopic (exact) mass is 282 g/mol. The normalized spacial score (nSPS) is 20.8. The second-order valence-corrected chi connectivity index (χ2v) is 6.20. The fraction of sp³-hybridized carbons (Fsp3) is 0.615. The molecule has 0 saturated carbocycles. The van der Waals surface area contributed by atoms with Gasteiger partial charge in [0.25, 0.3) is 0 Å². The van der Waals surface area contributed by atoms with Crippen LogP contribution in [-0.2, 0) is 15.9 Å². The minimum atomic E-state index is -0.471. The van der Waals surface area contributed by atoms with E-state index in [1.807, 2.05) is 34.7 Å². The molecular weight excluding hydrogens is 262 g/mol. The molecule has 2 rings (SSSR count). The molecule has 2 heterocycles. The zero-order valence-electron chi connectivity index (χ0n) is 12.1. The van der Waals surface area contributed by atoms with Crippen molar-refractivity contribution in [2.75, 3.05) is 7.05 Å². The third-order valence-corrected chi connectivity index (χ3v) is 4.31. The summed E-state index contributed by atoms with van der Waals surface area (Å²) < 4.78 is 12.0. The Morgan fingerprint density at radius 3 is 2.32 bits per heavy atom. The van der Waals surface area contributed by atoms with Crippen molar-refractivity contribution < 1.29 is 9.31 Å². The molecule has 0 bridgehead atoms. The Morgan fingerprint density at radius 2 is 1.79 bits per heavy atom. The number of rotatable bonds is 3. The summed E-state index contributed by atoms with van der Waals surface area (Å²) in [4.78, 5) is 4.22. The lowest BCUT2D eigenvalue weighted by Gasteiger charge is -2.32. The van der Waals surface area contributed by atoms with Crippen LogP contribution in [0.25, 0.3) is 0 Å². The molecule has 0 aromatic carbocycles. The number of nitrogens with one attached hydrogen (secondary N) is 1. The predicted octanol–water partition coefficient (Wildman–Crippen LogP) is 1.75. The van der Waals surface area contributed by atoms with Gasteiger partial charge < -0.3 is 14.6 Å². The van der Waals surface area contributed by atoms with Gasteiger partial charge in [0, 0.05) is 35.0 Å². The van der Waals surface area contributed by atoms with E-state index >= 15 is 0 Å². The third-order valence-electron chi connectivity index (χ3n) is 3.85. The highest BCUT2D eigenvalue weighted by atomic mass is 35.5. The molecule has 1 aliphatic rings. The van der Waals surface area contributed by atoms with Gasteiger partial charge in [0.2, 0.25) is 0 Å². The Labute approximate surface area is 120 Å². The predicted molar refractivity (Wildman–Crippen MR) is 77.7 cm³/mol.